The number of carbonyl (C=O) groups excluding carboxylic acids is 4. The Kier molecular flexibility index (Phi) is 8.59. The van der Waals surface area contributed by atoms with Gasteiger partial charge in [-0.25, -0.2) is 4.79 Å². The lowest BCUT2D eigenvalue weighted by molar-refractivity contribution is -0.151. The molecule has 2 aromatic rings. The van der Waals surface area contributed by atoms with Crippen molar-refractivity contribution in [1.29, 1.82) is 0 Å². The van der Waals surface area contributed by atoms with Crippen molar-refractivity contribution < 1.29 is 28.7 Å². The van der Waals surface area contributed by atoms with Gasteiger partial charge in [-0.3, -0.25) is 14.4 Å². The number of rotatable bonds is 9. The summed E-state index contributed by atoms with van der Waals surface area (Å²) in [5, 5.41) is 2.64. The van der Waals surface area contributed by atoms with E-state index >= 15 is 0 Å². The highest BCUT2D eigenvalue weighted by Crippen LogP contribution is 2.26. The number of amides is 2. The first-order valence-electron chi connectivity index (χ1n) is 10.7. The molecule has 0 bridgehead atoms. The fourth-order valence-corrected chi connectivity index (χ4v) is 3.53. The van der Waals surface area contributed by atoms with E-state index in [1.54, 1.807) is 48.5 Å². The highest BCUT2D eigenvalue weighted by Gasteiger charge is 2.36. The molecule has 2 aromatic carbocycles. The molecule has 1 aliphatic rings. The van der Waals surface area contributed by atoms with Crippen LogP contribution in [0.1, 0.15) is 36.5 Å². The summed E-state index contributed by atoms with van der Waals surface area (Å²) in [5.41, 5.74) is 1.56. The molecule has 1 fully saturated rings. The Morgan fingerprint density at radius 2 is 1.76 bits per heavy atom. The number of unbranched alkanes of at least 4 members (excludes halogenated alkanes) is 1. The van der Waals surface area contributed by atoms with E-state index in [0.717, 1.165) is 17.3 Å². The van der Waals surface area contributed by atoms with E-state index in [4.69, 9.17) is 9.47 Å². The van der Waals surface area contributed by atoms with Crippen LogP contribution in [-0.2, 0) is 23.9 Å². The standard InChI is InChI=1S/C24H25BrN2O6/c1-2-3-12-32-23(30)16-4-10-20(11-5-16)27-14-17(13-22(27)29)24(31)33-15-21(28)26-19-8-6-18(25)7-9-19/h4-11,17H,2-3,12-15H2,1H3,(H,26,28)/t17-/m1/s1. The van der Waals surface area contributed by atoms with Gasteiger partial charge in [0.15, 0.2) is 6.61 Å². The van der Waals surface area contributed by atoms with Gasteiger partial charge in [-0.1, -0.05) is 29.3 Å². The van der Waals surface area contributed by atoms with Gasteiger partial charge in [-0.15, -0.1) is 0 Å². The Hall–Kier alpha value is -3.20. The third-order valence-corrected chi connectivity index (χ3v) is 5.61. The summed E-state index contributed by atoms with van der Waals surface area (Å²) in [4.78, 5) is 50.3. The monoisotopic (exact) mass is 516 g/mol. The lowest BCUT2D eigenvalue weighted by Crippen LogP contribution is -2.28. The molecule has 1 N–H and O–H groups in total. The molecule has 0 spiro atoms. The quantitative estimate of drug-likeness (QED) is 0.400. The molecule has 9 heteroatoms. The van der Waals surface area contributed by atoms with Gasteiger partial charge >= 0.3 is 11.9 Å². The Morgan fingerprint density at radius 1 is 1.06 bits per heavy atom. The van der Waals surface area contributed by atoms with Crippen LogP contribution < -0.4 is 10.2 Å². The summed E-state index contributed by atoms with van der Waals surface area (Å²) in [7, 11) is 0. The van der Waals surface area contributed by atoms with E-state index in [0.29, 0.717) is 23.5 Å². The third-order valence-electron chi connectivity index (χ3n) is 5.08. The molecule has 1 heterocycles. The minimum atomic E-state index is -0.670. The highest BCUT2D eigenvalue weighted by molar-refractivity contribution is 9.10. The molecule has 0 radical (unpaired) electrons. The van der Waals surface area contributed by atoms with E-state index in [9.17, 15) is 19.2 Å². The summed E-state index contributed by atoms with van der Waals surface area (Å²) < 4.78 is 11.2. The zero-order valence-electron chi connectivity index (χ0n) is 18.2. The van der Waals surface area contributed by atoms with Crippen molar-refractivity contribution in [3.05, 3.63) is 58.6 Å². The van der Waals surface area contributed by atoms with Gasteiger partial charge in [-0.2, -0.15) is 0 Å². The fourth-order valence-electron chi connectivity index (χ4n) is 3.27. The highest BCUT2D eigenvalue weighted by atomic mass is 79.9. The first kappa shape index (κ1) is 24.4. The van der Waals surface area contributed by atoms with Crippen LogP contribution >= 0.6 is 15.9 Å². The Balaban J connectivity index is 1.49. The van der Waals surface area contributed by atoms with Crippen molar-refractivity contribution in [2.45, 2.75) is 26.2 Å². The maximum atomic E-state index is 12.4. The average Bonchev–Trinajstić information content (AvgIpc) is 3.21. The summed E-state index contributed by atoms with van der Waals surface area (Å²) in [5.74, 6) is -2.38. The number of nitrogens with zero attached hydrogens (tertiary/aromatic N) is 1. The third kappa shape index (κ3) is 6.89. The van der Waals surface area contributed by atoms with Crippen LogP contribution in [0.15, 0.2) is 53.0 Å². The van der Waals surface area contributed by atoms with Gasteiger partial charge in [0.25, 0.3) is 5.91 Å². The SMILES string of the molecule is CCCCOC(=O)c1ccc(N2C[C@H](C(=O)OCC(=O)Nc3ccc(Br)cc3)CC2=O)cc1. The van der Waals surface area contributed by atoms with Crippen LogP contribution in [0, 0.1) is 5.92 Å². The second kappa shape index (κ2) is 11.6. The van der Waals surface area contributed by atoms with Gasteiger partial charge in [-0.05, 0) is 55.0 Å². The van der Waals surface area contributed by atoms with Crippen molar-refractivity contribution in [2.24, 2.45) is 5.92 Å². The number of anilines is 2. The minimum Gasteiger partial charge on any atom is -0.462 e. The van der Waals surface area contributed by atoms with E-state index in [1.165, 1.54) is 4.90 Å². The normalized spacial score (nSPS) is 15.3. The lowest BCUT2D eigenvalue weighted by Gasteiger charge is -2.17. The number of carbonyl (C=O) groups is 4. The predicted molar refractivity (Wildman–Crippen MR) is 126 cm³/mol. The van der Waals surface area contributed by atoms with Crippen molar-refractivity contribution in [3.8, 4) is 0 Å². The number of benzene rings is 2. The Labute approximate surface area is 200 Å². The molecule has 0 unspecified atom stereocenters. The first-order valence-corrected chi connectivity index (χ1v) is 11.5. The number of halogens is 1. The van der Waals surface area contributed by atoms with Crippen molar-refractivity contribution in [1.82, 2.24) is 0 Å². The number of hydrogen-bond donors (Lipinski definition) is 1. The number of esters is 2. The van der Waals surface area contributed by atoms with Gasteiger partial charge < -0.3 is 19.7 Å². The molecule has 2 amide bonds. The minimum absolute atomic E-state index is 0.00598. The van der Waals surface area contributed by atoms with Crippen molar-refractivity contribution in [3.63, 3.8) is 0 Å². The van der Waals surface area contributed by atoms with Crippen LogP contribution in [0.25, 0.3) is 0 Å². The zero-order chi connectivity index (χ0) is 23.8. The molecule has 3 rings (SSSR count). The van der Waals surface area contributed by atoms with Crippen LogP contribution in [0.3, 0.4) is 0 Å². The number of hydrogen-bond acceptors (Lipinski definition) is 6. The number of ether oxygens (including phenoxy) is 2. The molecular weight excluding hydrogens is 492 g/mol. The maximum Gasteiger partial charge on any atom is 0.338 e. The van der Waals surface area contributed by atoms with E-state index < -0.39 is 30.4 Å². The van der Waals surface area contributed by atoms with E-state index in [2.05, 4.69) is 21.2 Å². The van der Waals surface area contributed by atoms with Crippen molar-refractivity contribution in [2.75, 3.05) is 30.0 Å². The predicted octanol–water partition coefficient (Wildman–Crippen LogP) is 3.94. The summed E-state index contributed by atoms with van der Waals surface area (Å²) in [6.45, 7) is 2.09. The second-order valence-corrected chi connectivity index (χ2v) is 8.52. The molecule has 0 aliphatic carbocycles. The number of nitrogens with one attached hydrogen (secondary N) is 1. The van der Waals surface area contributed by atoms with Gasteiger partial charge in [0.2, 0.25) is 5.91 Å². The molecule has 0 saturated carbocycles. The Bertz CT molecular complexity index is 1010. The molecule has 33 heavy (non-hydrogen) atoms. The second-order valence-electron chi connectivity index (χ2n) is 7.60. The smallest absolute Gasteiger partial charge is 0.338 e. The largest absolute Gasteiger partial charge is 0.462 e. The van der Waals surface area contributed by atoms with Gasteiger partial charge in [0, 0.05) is 28.8 Å². The molecule has 1 aliphatic heterocycles. The van der Waals surface area contributed by atoms with E-state index in [1.807, 2.05) is 6.92 Å². The lowest BCUT2D eigenvalue weighted by atomic mass is 10.1. The van der Waals surface area contributed by atoms with Crippen LogP contribution in [0.4, 0.5) is 11.4 Å². The van der Waals surface area contributed by atoms with Crippen LogP contribution in [-0.4, -0.2) is 43.5 Å². The van der Waals surface area contributed by atoms with Gasteiger partial charge in [0.1, 0.15) is 0 Å². The summed E-state index contributed by atoms with van der Waals surface area (Å²) in [6, 6.07) is 13.5. The zero-order valence-corrected chi connectivity index (χ0v) is 19.8. The fraction of sp³-hybridized carbons (Fsp3) is 0.333. The van der Waals surface area contributed by atoms with Crippen LogP contribution in [0.2, 0.25) is 0 Å². The molecule has 1 atom stereocenters. The van der Waals surface area contributed by atoms with Crippen molar-refractivity contribution >= 4 is 51.1 Å². The molecule has 174 valence electrons. The summed E-state index contributed by atoms with van der Waals surface area (Å²) in [6.07, 6.45) is 1.73. The van der Waals surface area contributed by atoms with E-state index in [-0.39, 0.29) is 18.9 Å². The topological polar surface area (TPSA) is 102 Å². The average molecular weight is 517 g/mol. The molecular formula is C24H25BrN2O6. The van der Waals surface area contributed by atoms with Gasteiger partial charge in [0.05, 0.1) is 18.1 Å². The van der Waals surface area contributed by atoms with Crippen LogP contribution in [0.5, 0.6) is 0 Å². The summed E-state index contributed by atoms with van der Waals surface area (Å²) >= 11 is 3.31. The Morgan fingerprint density at radius 3 is 2.42 bits per heavy atom. The molecule has 0 aromatic heterocycles. The maximum absolute atomic E-state index is 12.4. The first-order chi connectivity index (χ1) is 15.9. The molecule has 8 nitrogen and oxygen atoms in total. The molecule has 1 saturated heterocycles.